The van der Waals surface area contributed by atoms with Crippen molar-refractivity contribution in [3.05, 3.63) is 60.0 Å². The minimum Gasteiger partial charge on any atom is -0.484 e. The molecule has 3 heterocycles. The molecule has 1 aliphatic rings. The monoisotopic (exact) mass is 389 g/mol. The van der Waals surface area contributed by atoms with E-state index in [0.717, 1.165) is 19.3 Å². The Labute approximate surface area is 167 Å². The summed E-state index contributed by atoms with van der Waals surface area (Å²) in [5.41, 5.74) is 0.944. The van der Waals surface area contributed by atoms with E-state index in [1.165, 1.54) is 6.20 Å². The third-order valence-electron chi connectivity index (χ3n) is 4.78. The Balaban J connectivity index is 1.48. The van der Waals surface area contributed by atoms with Gasteiger partial charge in [0.05, 0.1) is 11.6 Å². The summed E-state index contributed by atoms with van der Waals surface area (Å²) in [6.07, 6.45) is 4.12. The van der Waals surface area contributed by atoms with Crippen molar-refractivity contribution in [3.8, 4) is 23.4 Å². The number of carbonyl (C=O) groups excluding carboxylic acids is 1. The van der Waals surface area contributed by atoms with Gasteiger partial charge in [-0.1, -0.05) is 23.4 Å². The fourth-order valence-corrected chi connectivity index (χ4v) is 3.30. The molecule has 1 atom stereocenters. The van der Waals surface area contributed by atoms with Gasteiger partial charge in [0.1, 0.15) is 17.5 Å². The number of ether oxygens (including phenoxy) is 1. The van der Waals surface area contributed by atoms with Gasteiger partial charge in [-0.3, -0.25) is 4.79 Å². The number of para-hydroxylation sites is 1. The first-order valence-electron chi connectivity index (χ1n) is 9.42. The molecule has 1 aliphatic heterocycles. The third kappa shape index (κ3) is 4.24. The van der Waals surface area contributed by atoms with Gasteiger partial charge in [0.2, 0.25) is 0 Å². The van der Waals surface area contributed by atoms with Crippen molar-refractivity contribution in [1.82, 2.24) is 20.0 Å². The quantitative estimate of drug-likeness (QED) is 0.660. The van der Waals surface area contributed by atoms with Crippen LogP contribution in [0.2, 0.25) is 0 Å². The summed E-state index contributed by atoms with van der Waals surface area (Å²) in [7, 11) is 0. The highest BCUT2D eigenvalue weighted by molar-refractivity contribution is 5.78. The van der Waals surface area contributed by atoms with E-state index in [9.17, 15) is 4.79 Å². The zero-order chi connectivity index (χ0) is 20.1. The lowest BCUT2D eigenvalue weighted by molar-refractivity contribution is -0.137. The predicted octanol–water partition coefficient (Wildman–Crippen LogP) is 3.14. The maximum Gasteiger partial charge on any atom is 0.276 e. The fourth-order valence-electron chi connectivity index (χ4n) is 3.30. The molecular weight excluding hydrogens is 370 g/mol. The summed E-state index contributed by atoms with van der Waals surface area (Å²) < 4.78 is 11.0. The van der Waals surface area contributed by atoms with Gasteiger partial charge in [-0.05, 0) is 43.5 Å². The van der Waals surface area contributed by atoms with Crippen molar-refractivity contribution in [2.75, 3.05) is 13.2 Å². The molecule has 0 bridgehead atoms. The maximum atomic E-state index is 12.8. The molecule has 0 N–H and O–H groups in total. The Morgan fingerprint density at radius 3 is 2.86 bits per heavy atom. The van der Waals surface area contributed by atoms with Crippen LogP contribution in [0, 0.1) is 11.3 Å². The van der Waals surface area contributed by atoms with Gasteiger partial charge in [0.25, 0.3) is 11.8 Å². The van der Waals surface area contributed by atoms with Crippen LogP contribution in [0.4, 0.5) is 0 Å². The van der Waals surface area contributed by atoms with Crippen molar-refractivity contribution in [2.45, 2.75) is 25.3 Å². The lowest BCUT2D eigenvalue weighted by atomic mass is 10.0. The molecule has 146 valence electrons. The van der Waals surface area contributed by atoms with E-state index in [4.69, 9.17) is 14.5 Å². The number of hydrogen-bond donors (Lipinski definition) is 0. The van der Waals surface area contributed by atoms with Crippen molar-refractivity contribution in [2.24, 2.45) is 0 Å². The number of nitriles is 1. The Morgan fingerprint density at radius 2 is 2.10 bits per heavy atom. The molecule has 8 nitrogen and oxygen atoms in total. The molecular formula is C21H19N5O3. The molecule has 29 heavy (non-hydrogen) atoms. The van der Waals surface area contributed by atoms with E-state index in [0.29, 0.717) is 29.4 Å². The van der Waals surface area contributed by atoms with Crippen LogP contribution in [-0.4, -0.2) is 39.1 Å². The van der Waals surface area contributed by atoms with Crippen LogP contribution in [-0.2, 0) is 4.79 Å². The van der Waals surface area contributed by atoms with Crippen LogP contribution >= 0.6 is 0 Å². The molecule has 3 aromatic rings. The van der Waals surface area contributed by atoms with Crippen LogP contribution in [0.1, 0.15) is 36.7 Å². The first-order valence-corrected chi connectivity index (χ1v) is 9.42. The number of hydrogen-bond acceptors (Lipinski definition) is 7. The van der Waals surface area contributed by atoms with E-state index in [2.05, 4.69) is 15.1 Å². The van der Waals surface area contributed by atoms with Crippen LogP contribution in [0.15, 0.2) is 53.2 Å². The van der Waals surface area contributed by atoms with Crippen molar-refractivity contribution < 1.29 is 14.1 Å². The molecule has 0 radical (unpaired) electrons. The third-order valence-corrected chi connectivity index (χ3v) is 4.78. The van der Waals surface area contributed by atoms with Gasteiger partial charge in [-0.2, -0.15) is 10.2 Å². The number of piperidine rings is 1. The van der Waals surface area contributed by atoms with Crippen molar-refractivity contribution in [1.29, 1.82) is 5.26 Å². The van der Waals surface area contributed by atoms with Crippen molar-refractivity contribution >= 4 is 5.91 Å². The van der Waals surface area contributed by atoms with E-state index in [1.54, 1.807) is 17.0 Å². The Morgan fingerprint density at radius 1 is 1.24 bits per heavy atom. The topological polar surface area (TPSA) is 105 Å². The highest BCUT2D eigenvalue weighted by Crippen LogP contribution is 2.30. The Kier molecular flexibility index (Phi) is 5.47. The number of benzene rings is 1. The molecule has 0 saturated carbocycles. The van der Waals surface area contributed by atoms with Gasteiger partial charge in [0.15, 0.2) is 12.4 Å². The average molecular weight is 389 g/mol. The molecule has 1 amide bonds. The summed E-state index contributed by atoms with van der Waals surface area (Å²) >= 11 is 0. The maximum absolute atomic E-state index is 12.8. The molecule has 2 aromatic heterocycles. The molecule has 1 fully saturated rings. The number of aromatic nitrogens is 3. The lowest BCUT2D eigenvalue weighted by Gasteiger charge is -2.33. The van der Waals surface area contributed by atoms with E-state index < -0.39 is 0 Å². The number of rotatable bonds is 5. The normalized spacial score (nSPS) is 16.2. The number of pyridine rings is 1. The van der Waals surface area contributed by atoms with Gasteiger partial charge in [0, 0.05) is 12.7 Å². The first kappa shape index (κ1) is 18.6. The van der Waals surface area contributed by atoms with E-state index in [-0.39, 0.29) is 24.4 Å². The lowest BCUT2D eigenvalue weighted by Crippen LogP contribution is -2.41. The number of amides is 1. The number of nitrogens with zero attached hydrogens (tertiary/aromatic N) is 5. The van der Waals surface area contributed by atoms with Crippen LogP contribution in [0.5, 0.6) is 5.75 Å². The summed E-state index contributed by atoms with van der Waals surface area (Å²) in [6.45, 7) is 0.586. The molecule has 4 rings (SSSR count). The Hall–Kier alpha value is -3.73. The predicted molar refractivity (Wildman–Crippen MR) is 102 cm³/mol. The standard InChI is InChI=1S/C21H19N5O3/c22-12-15-9-10-17(23-13-15)21-24-20(25-29-21)18-8-4-5-11-26(18)19(27)14-28-16-6-2-1-3-7-16/h1-3,6-7,9-10,13,18H,4-5,8,11,14H2. The molecule has 8 heteroatoms. The second-order valence-electron chi connectivity index (χ2n) is 6.70. The van der Waals surface area contributed by atoms with E-state index >= 15 is 0 Å². The minimum atomic E-state index is -0.258. The highest BCUT2D eigenvalue weighted by Gasteiger charge is 2.32. The smallest absolute Gasteiger partial charge is 0.276 e. The zero-order valence-corrected chi connectivity index (χ0v) is 15.7. The van der Waals surface area contributed by atoms with Crippen LogP contribution in [0.25, 0.3) is 11.6 Å². The molecule has 1 saturated heterocycles. The second kappa shape index (κ2) is 8.52. The molecule has 1 unspecified atom stereocenters. The summed E-state index contributed by atoms with van der Waals surface area (Å²) in [5, 5.41) is 13.0. The highest BCUT2D eigenvalue weighted by atomic mass is 16.5. The van der Waals surface area contributed by atoms with Gasteiger partial charge >= 0.3 is 0 Å². The summed E-state index contributed by atoms with van der Waals surface area (Å²) in [4.78, 5) is 23.2. The largest absolute Gasteiger partial charge is 0.484 e. The van der Waals surface area contributed by atoms with Gasteiger partial charge in [-0.15, -0.1) is 0 Å². The summed E-state index contributed by atoms with van der Waals surface area (Å²) in [5.74, 6) is 1.27. The van der Waals surface area contributed by atoms with Crippen LogP contribution < -0.4 is 4.74 Å². The van der Waals surface area contributed by atoms with Gasteiger partial charge < -0.3 is 14.2 Å². The van der Waals surface area contributed by atoms with Crippen molar-refractivity contribution in [3.63, 3.8) is 0 Å². The Bertz CT molecular complexity index is 1010. The molecule has 1 aromatic carbocycles. The molecule has 0 spiro atoms. The average Bonchev–Trinajstić information content (AvgIpc) is 3.28. The second-order valence-corrected chi connectivity index (χ2v) is 6.70. The van der Waals surface area contributed by atoms with Crippen LogP contribution in [0.3, 0.4) is 0 Å². The minimum absolute atomic E-state index is 0.0393. The molecule has 0 aliphatic carbocycles. The van der Waals surface area contributed by atoms with E-state index in [1.807, 2.05) is 36.4 Å². The fraction of sp³-hybridized carbons (Fsp3) is 0.286. The first-order chi connectivity index (χ1) is 14.2. The SMILES string of the molecule is N#Cc1ccc(-c2nc(C3CCCCN3C(=O)COc3ccccc3)no2)nc1. The van der Waals surface area contributed by atoms with Gasteiger partial charge in [-0.25, -0.2) is 4.98 Å². The zero-order valence-electron chi connectivity index (χ0n) is 15.7. The number of carbonyl (C=O) groups is 1. The number of likely N-dealkylation sites (tertiary alicyclic amines) is 1. The summed E-state index contributed by atoms with van der Waals surface area (Å²) in [6, 6.07) is 14.3.